The minimum absolute atomic E-state index is 0.252. The molecule has 0 spiro atoms. The highest BCUT2D eigenvalue weighted by Gasteiger charge is 2.25. The number of carboxylic acids is 1. The van der Waals surface area contributed by atoms with Gasteiger partial charge in [0.2, 0.25) is 0 Å². The van der Waals surface area contributed by atoms with E-state index >= 15 is 0 Å². The molecule has 13 heavy (non-hydrogen) atoms. The maximum atomic E-state index is 10.5. The maximum absolute atomic E-state index is 10.5. The lowest BCUT2D eigenvalue weighted by molar-refractivity contribution is -0.140. The SMILES string of the molecule is CC(CSC1CCOC1C)C(=O)O. The van der Waals surface area contributed by atoms with Crippen molar-refractivity contribution in [1.82, 2.24) is 0 Å². The average Bonchev–Trinajstić information content (AvgIpc) is 2.47. The van der Waals surface area contributed by atoms with E-state index in [2.05, 4.69) is 6.92 Å². The van der Waals surface area contributed by atoms with E-state index in [-0.39, 0.29) is 12.0 Å². The van der Waals surface area contributed by atoms with Gasteiger partial charge >= 0.3 is 5.97 Å². The van der Waals surface area contributed by atoms with Crippen LogP contribution in [-0.2, 0) is 9.53 Å². The van der Waals surface area contributed by atoms with Gasteiger partial charge in [0.15, 0.2) is 0 Å². The molecular formula is C9H16O3S. The quantitative estimate of drug-likeness (QED) is 0.756. The Balaban J connectivity index is 2.22. The summed E-state index contributed by atoms with van der Waals surface area (Å²) >= 11 is 1.72. The minimum Gasteiger partial charge on any atom is -0.481 e. The summed E-state index contributed by atoms with van der Waals surface area (Å²) in [5, 5.41) is 9.17. The molecule has 1 fully saturated rings. The third-order valence-electron chi connectivity index (χ3n) is 2.29. The lowest BCUT2D eigenvalue weighted by Gasteiger charge is -2.14. The Kier molecular flexibility index (Phi) is 4.06. The van der Waals surface area contributed by atoms with Gasteiger partial charge in [-0.3, -0.25) is 4.79 Å². The first-order valence-corrected chi connectivity index (χ1v) is 5.62. The molecule has 0 aromatic carbocycles. The second-order valence-corrected chi connectivity index (χ2v) is 4.75. The number of hydrogen-bond donors (Lipinski definition) is 1. The third-order valence-corrected chi connectivity index (χ3v) is 4.03. The van der Waals surface area contributed by atoms with Crippen molar-refractivity contribution in [3.05, 3.63) is 0 Å². The van der Waals surface area contributed by atoms with Gasteiger partial charge in [0.1, 0.15) is 0 Å². The summed E-state index contributed by atoms with van der Waals surface area (Å²) in [5.41, 5.74) is 0. The summed E-state index contributed by atoms with van der Waals surface area (Å²) in [7, 11) is 0. The molecule has 1 aliphatic rings. The molecule has 3 unspecified atom stereocenters. The second kappa shape index (κ2) is 4.86. The number of rotatable bonds is 4. The van der Waals surface area contributed by atoms with Crippen molar-refractivity contribution in [2.75, 3.05) is 12.4 Å². The normalized spacial score (nSPS) is 30.3. The first kappa shape index (κ1) is 10.9. The minimum atomic E-state index is -0.709. The van der Waals surface area contributed by atoms with Gasteiger partial charge in [-0.05, 0) is 13.3 Å². The van der Waals surface area contributed by atoms with E-state index in [1.807, 2.05) is 0 Å². The van der Waals surface area contributed by atoms with Crippen LogP contribution in [0.1, 0.15) is 20.3 Å². The molecule has 0 saturated carbocycles. The lowest BCUT2D eigenvalue weighted by atomic mass is 10.2. The van der Waals surface area contributed by atoms with Gasteiger partial charge in [-0.1, -0.05) is 6.92 Å². The van der Waals surface area contributed by atoms with Crippen LogP contribution in [0.3, 0.4) is 0 Å². The van der Waals surface area contributed by atoms with Crippen LogP contribution in [0.25, 0.3) is 0 Å². The van der Waals surface area contributed by atoms with E-state index < -0.39 is 5.97 Å². The fourth-order valence-electron chi connectivity index (χ4n) is 1.27. The van der Waals surface area contributed by atoms with Crippen LogP contribution in [0.4, 0.5) is 0 Å². The van der Waals surface area contributed by atoms with E-state index in [0.29, 0.717) is 11.0 Å². The zero-order chi connectivity index (χ0) is 9.84. The van der Waals surface area contributed by atoms with Crippen molar-refractivity contribution in [3.63, 3.8) is 0 Å². The summed E-state index contributed by atoms with van der Waals surface area (Å²) in [6, 6.07) is 0. The Bertz CT molecular complexity index is 184. The second-order valence-electron chi connectivity index (χ2n) is 3.48. The van der Waals surface area contributed by atoms with E-state index in [1.165, 1.54) is 0 Å². The Morgan fingerprint density at radius 3 is 2.92 bits per heavy atom. The third kappa shape index (κ3) is 3.19. The first-order valence-electron chi connectivity index (χ1n) is 4.57. The molecule has 1 aliphatic heterocycles. The molecule has 1 rings (SSSR count). The molecule has 1 heterocycles. The molecule has 4 heteroatoms. The fraction of sp³-hybridized carbons (Fsp3) is 0.889. The molecule has 76 valence electrons. The van der Waals surface area contributed by atoms with Crippen LogP contribution >= 0.6 is 11.8 Å². The van der Waals surface area contributed by atoms with Gasteiger partial charge in [-0.15, -0.1) is 0 Å². The van der Waals surface area contributed by atoms with Crippen molar-refractivity contribution in [3.8, 4) is 0 Å². The van der Waals surface area contributed by atoms with Gasteiger partial charge in [0, 0.05) is 17.6 Å². The van der Waals surface area contributed by atoms with E-state index in [4.69, 9.17) is 9.84 Å². The summed E-state index contributed by atoms with van der Waals surface area (Å²) < 4.78 is 5.39. The Morgan fingerprint density at radius 1 is 1.77 bits per heavy atom. The van der Waals surface area contributed by atoms with Crippen molar-refractivity contribution >= 4 is 17.7 Å². The molecule has 0 bridgehead atoms. The predicted octanol–water partition coefficient (Wildman–Crippen LogP) is 1.62. The van der Waals surface area contributed by atoms with Crippen LogP contribution in [0.15, 0.2) is 0 Å². The van der Waals surface area contributed by atoms with Gasteiger partial charge in [-0.2, -0.15) is 11.8 Å². The smallest absolute Gasteiger partial charge is 0.307 e. The summed E-state index contributed by atoms with van der Waals surface area (Å²) in [4.78, 5) is 10.5. The number of thioether (sulfide) groups is 1. The Morgan fingerprint density at radius 2 is 2.46 bits per heavy atom. The summed E-state index contributed by atoms with van der Waals surface area (Å²) in [5.74, 6) is -0.273. The van der Waals surface area contributed by atoms with Crippen molar-refractivity contribution in [2.24, 2.45) is 5.92 Å². The Hall–Kier alpha value is -0.220. The largest absolute Gasteiger partial charge is 0.481 e. The molecule has 0 aromatic heterocycles. The highest BCUT2D eigenvalue weighted by atomic mass is 32.2. The monoisotopic (exact) mass is 204 g/mol. The van der Waals surface area contributed by atoms with Gasteiger partial charge in [-0.25, -0.2) is 0 Å². The Labute approximate surface area is 82.8 Å². The van der Waals surface area contributed by atoms with Crippen LogP contribution in [-0.4, -0.2) is 34.8 Å². The van der Waals surface area contributed by atoms with Gasteiger partial charge < -0.3 is 9.84 Å². The van der Waals surface area contributed by atoms with Crippen LogP contribution in [0.5, 0.6) is 0 Å². The summed E-state index contributed by atoms with van der Waals surface area (Å²) in [6.07, 6.45) is 1.34. The number of hydrogen-bond acceptors (Lipinski definition) is 3. The van der Waals surface area contributed by atoms with Gasteiger partial charge in [0.25, 0.3) is 0 Å². The van der Waals surface area contributed by atoms with E-state index in [1.54, 1.807) is 18.7 Å². The number of ether oxygens (including phenoxy) is 1. The molecule has 0 radical (unpaired) electrons. The molecule has 3 nitrogen and oxygen atoms in total. The van der Waals surface area contributed by atoms with E-state index in [0.717, 1.165) is 13.0 Å². The molecule has 3 atom stereocenters. The zero-order valence-corrected chi connectivity index (χ0v) is 8.84. The van der Waals surface area contributed by atoms with Crippen LogP contribution in [0.2, 0.25) is 0 Å². The van der Waals surface area contributed by atoms with Crippen LogP contribution in [0, 0.1) is 5.92 Å². The highest BCUT2D eigenvalue weighted by molar-refractivity contribution is 8.00. The molecule has 0 amide bonds. The average molecular weight is 204 g/mol. The standard InChI is InChI=1S/C9H16O3S/c1-6(9(10)11)5-13-8-3-4-12-7(8)2/h6-8H,3-5H2,1-2H3,(H,10,11). The summed E-state index contributed by atoms with van der Waals surface area (Å²) in [6.45, 7) is 4.62. The number of aliphatic carboxylic acids is 1. The molecular weight excluding hydrogens is 188 g/mol. The van der Waals surface area contributed by atoms with Crippen molar-refractivity contribution in [2.45, 2.75) is 31.6 Å². The molecule has 0 aromatic rings. The van der Waals surface area contributed by atoms with Crippen LogP contribution < -0.4 is 0 Å². The first-order chi connectivity index (χ1) is 6.11. The number of carbonyl (C=O) groups is 1. The fourth-order valence-corrected chi connectivity index (χ4v) is 2.56. The molecule has 0 aliphatic carbocycles. The zero-order valence-electron chi connectivity index (χ0n) is 8.03. The van der Waals surface area contributed by atoms with Crippen molar-refractivity contribution < 1.29 is 14.6 Å². The highest BCUT2D eigenvalue weighted by Crippen LogP contribution is 2.27. The van der Waals surface area contributed by atoms with Crippen molar-refractivity contribution in [1.29, 1.82) is 0 Å². The molecule has 1 N–H and O–H groups in total. The molecule has 1 saturated heterocycles. The topological polar surface area (TPSA) is 46.5 Å². The predicted molar refractivity (Wildman–Crippen MR) is 53.1 cm³/mol. The van der Waals surface area contributed by atoms with E-state index in [9.17, 15) is 4.79 Å². The van der Waals surface area contributed by atoms with Gasteiger partial charge in [0.05, 0.1) is 12.0 Å². The lowest BCUT2D eigenvalue weighted by Crippen LogP contribution is -2.18. The maximum Gasteiger partial charge on any atom is 0.307 e. The number of carboxylic acid groups (broad SMARTS) is 1.